The van der Waals surface area contributed by atoms with E-state index in [1.54, 1.807) is 0 Å². The first-order valence-corrected chi connectivity index (χ1v) is 6.35. The topological polar surface area (TPSA) is 33.6 Å². The van der Waals surface area contributed by atoms with E-state index < -0.39 is 0 Å². The summed E-state index contributed by atoms with van der Waals surface area (Å²) in [7, 11) is 0. The maximum atomic E-state index is 5.52. The zero-order valence-corrected chi connectivity index (χ0v) is 11.1. The Kier molecular flexibility index (Phi) is 3.05. The number of hydroxylamine groups is 1. The van der Waals surface area contributed by atoms with Crippen LogP contribution in [0.4, 0.5) is 0 Å². The molecule has 0 bridgehead atoms. The summed E-state index contributed by atoms with van der Waals surface area (Å²) in [4.78, 5) is 10.1. The summed E-state index contributed by atoms with van der Waals surface area (Å²) in [5.41, 5.74) is 7.47. The molecular formula is C16H16N2O. The van der Waals surface area contributed by atoms with Crippen molar-refractivity contribution in [3.8, 4) is 0 Å². The van der Waals surface area contributed by atoms with Gasteiger partial charge in [0.15, 0.2) is 5.84 Å². The first kappa shape index (κ1) is 11.9. The van der Waals surface area contributed by atoms with Crippen LogP contribution in [0.15, 0.2) is 53.5 Å². The molecule has 0 saturated carbocycles. The molecule has 1 heterocycles. The van der Waals surface area contributed by atoms with Crippen molar-refractivity contribution in [3.05, 3.63) is 70.8 Å². The Labute approximate surface area is 112 Å². The van der Waals surface area contributed by atoms with Crippen LogP contribution in [0.2, 0.25) is 0 Å². The monoisotopic (exact) mass is 252 g/mol. The molecule has 0 spiro atoms. The highest BCUT2D eigenvalue weighted by Crippen LogP contribution is 2.23. The van der Waals surface area contributed by atoms with E-state index in [1.807, 2.05) is 24.3 Å². The number of benzene rings is 2. The van der Waals surface area contributed by atoms with Crippen molar-refractivity contribution in [3.63, 3.8) is 0 Å². The molecule has 3 heteroatoms. The molecule has 0 amide bonds. The van der Waals surface area contributed by atoms with Gasteiger partial charge in [-0.3, -0.25) is 0 Å². The maximum Gasteiger partial charge on any atom is 0.202 e. The lowest BCUT2D eigenvalue weighted by atomic mass is 10.1. The molecule has 0 aliphatic carbocycles. The van der Waals surface area contributed by atoms with E-state index in [4.69, 9.17) is 4.84 Å². The summed E-state index contributed by atoms with van der Waals surface area (Å²) in [6.07, 6.45) is -0.267. The van der Waals surface area contributed by atoms with E-state index in [1.165, 1.54) is 11.1 Å². The van der Waals surface area contributed by atoms with Gasteiger partial charge in [-0.1, -0.05) is 59.7 Å². The van der Waals surface area contributed by atoms with Crippen molar-refractivity contribution in [1.82, 2.24) is 5.48 Å². The Morgan fingerprint density at radius 1 is 0.895 bits per heavy atom. The third kappa shape index (κ3) is 2.51. The molecule has 2 aromatic carbocycles. The fourth-order valence-electron chi connectivity index (χ4n) is 2.00. The smallest absolute Gasteiger partial charge is 0.202 e. The van der Waals surface area contributed by atoms with Crippen molar-refractivity contribution in [2.75, 3.05) is 0 Å². The van der Waals surface area contributed by atoms with Gasteiger partial charge < -0.3 is 0 Å². The highest BCUT2D eigenvalue weighted by molar-refractivity contribution is 5.98. The van der Waals surface area contributed by atoms with Crippen molar-refractivity contribution >= 4 is 5.84 Å². The third-order valence-corrected chi connectivity index (χ3v) is 3.20. The number of amidine groups is 1. The molecule has 1 N–H and O–H groups in total. The second-order valence-electron chi connectivity index (χ2n) is 4.83. The van der Waals surface area contributed by atoms with Crippen LogP contribution in [0.5, 0.6) is 0 Å². The number of nitrogens with one attached hydrogen (secondary N) is 1. The van der Waals surface area contributed by atoms with E-state index in [0.717, 1.165) is 17.0 Å². The van der Waals surface area contributed by atoms with Crippen LogP contribution in [0.1, 0.15) is 28.5 Å². The first-order valence-electron chi connectivity index (χ1n) is 6.35. The molecule has 19 heavy (non-hydrogen) atoms. The lowest BCUT2D eigenvalue weighted by molar-refractivity contribution is 0.0377. The number of nitrogens with zero attached hydrogens (tertiary/aromatic N) is 1. The quantitative estimate of drug-likeness (QED) is 0.889. The average molecular weight is 252 g/mol. The predicted octanol–water partition coefficient (Wildman–Crippen LogP) is 3.28. The molecule has 1 aliphatic rings. The number of aryl methyl sites for hydroxylation is 2. The largest absolute Gasteiger partial charge is 0.246 e. The SMILES string of the molecule is Cc1ccc(C2=NC(c3ccc(C)cc3)ON2)cc1. The Morgan fingerprint density at radius 2 is 1.47 bits per heavy atom. The Hall–Kier alpha value is -2.13. The minimum Gasteiger partial charge on any atom is -0.246 e. The maximum absolute atomic E-state index is 5.52. The molecule has 0 radical (unpaired) electrons. The molecule has 0 saturated heterocycles. The van der Waals surface area contributed by atoms with Crippen LogP contribution in [0.3, 0.4) is 0 Å². The van der Waals surface area contributed by atoms with Crippen LogP contribution in [-0.2, 0) is 4.84 Å². The third-order valence-electron chi connectivity index (χ3n) is 3.20. The summed E-state index contributed by atoms with van der Waals surface area (Å²) in [5.74, 6) is 0.783. The Bertz CT molecular complexity index is 600. The van der Waals surface area contributed by atoms with Crippen molar-refractivity contribution < 1.29 is 4.84 Å². The lowest BCUT2D eigenvalue weighted by Gasteiger charge is -2.05. The lowest BCUT2D eigenvalue weighted by Crippen LogP contribution is -2.17. The van der Waals surface area contributed by atoms with E-state index in [0.29, 0.717) is 0 Å². The van der Waals surface area contributed by atoms with E-state index >= 15 is 0 Å². The molecule has 3 nitrogen and oxygen atoms in total. The molecule has 96 valence electrons. The standard InChI is InChI=1S/C16H16N2O/c1-11-3-7-13(8-4-11)15-17-16(19-18-15)14-9-5-12(2)6-10-14/h3-10,16H,1-2H3,(H,17,18). The minimum atomic E-state index is -0.267. The van der Waals surface area contributed by atoms with Gasteiger partial charge in [-0.15, -0.1) is 0 Å². The number of rotatable bonds is 2. The highest BCUT2D eigenvalue weighted by atomic mass is 16.7. The summed E-state index contributed by atoms with van der Waals surface area (Å²) in [6, 6.07) is 16.4. The Morgan fingerprint density at radius 3 is 2.11 bits per heavy atom. The summed E-state index contributed by atoms with van der Waals surface area (Å²) in [6.45, 7) is 4.14. The predicted molar refractivity (Wildman–Crippen MR) is 75.9 cm³/mol. The van der Waals surface area contributed by atoms with Gasteiger partial charge in [0.1, 0.15) is 0 Å². The molecule has 2 aromatic rings. The van der Waals surface area contributed by atoms with Crippen LogP contribution in [0.25, 0.3) is 0 Å². The zero-order valence-electron chi connectivity index (χ0n) is 11.1. The van der Waals surface area contributed by atoms with Gasteiger partial charge in [-0.2, -0.15) is 0 Å². The fraction of sp³-hybridized carbons (Fsp3) is 0.188. The van der Waals surface area contributed by atoms with E-state index in [-0.39, 0.29) is 6.23 Å². The average Bonchev–Trinajstić information content (AvgIpc) is 2.90. The fourth-order valence-corrected chi connectivity index (χ4v) is 2.00. The Balaban J connectivity index is 1.84. The molecule has 0 aromatic heterocycles. The van der Waals surface area contributed by atoms with Crippen molar-refractivity contribution in [2.45, 2.75) is 20.1 Å². The number of hydrogen-bond acceptors (Lipinski definition) is 3. The van der Waals surface area contributed by atoms with Crippen molar-refractivity contribution in [2.24, 2.45) is 4.99 Å². The summed E-state index contributed by atoms with van der Waals surface area (Å²) >= 11 is 0. The summed E-state index contributed by atoms with van der Waals surface area (Å²) < 4.78 is 0. The van der Waals surface area contributed by atoms with Gasteiger partial charge in [0.2, 0.25) is 6.23 Å². The second kappa shape index (κ2) is 4.86. The molecule has 1 aliphatic heterocycles. The second-order valence-corrected chi connectivity index (χ2v) is 4.83. The number of hydrogen-bond donors (Lipinski definition) is 1. The van der Waals surface area contributed by atoms with Gasteiger partial charge >= 0.3 is 0 Å². The molecule has 3 rings (SSSR count). The highest BCUT2D eigenvalue weighted by Gasteiger charge is 2.20. The number of aliphatic imine (C=N–C) groups is 1. The van der Waals surface area contributed by atoms with Crippen molar-refractivity contribution in [1.29, 1.82) is 0 Å². The minimum absolute atomic E-state index is 0.267. The van der Waals surface area contributed by atoms with Gasteiger partial charge in [-0.05, 0) is 13.8 Å². The van der Waals surface area contributed by atoms with Gasteiger partial charge in [-0.25, -0.2) is 15.3 Å². The van der Waals surface area contributed by atoms with Crippen LogP contribution in [0, 0.1) is 13.8 Å². The normalized spacial score (nSPS) is 18.0. The molecular weight excluding hydrogens is 236 g/mol. The van der Waals surface area contributed by atoms with Crippen LogP contribution in [-0.4, -0.2) is 5.84 Å². The first-order chi connectivity index (χ1) is 9.22. The van der Waals surface area contributed by atoms with Crippen LogP contribution < -0.4 is 5.48 Å². The summed E-state index contributed by atoms with van der Waals surface area (Å²) in [5, 5.41) is 0. The van der Waals surface area contributed by atoms with Gasteiger partial charge in [0, 0.05) is 11.1 Å². The van der Waals surface area contributed by atoms with Gasteiger partial charge in [0.05, 0.1) is 0 Å². The van der Waals surface area contributed by atoms with Gasteiger partial charge in [0.25, 0.3) is 0 Å². The molecule has 1 atom stereocenters. The molecule has 0 fully saturated rings. The van der Waals surface area contributed by atoms with Crippen LogP contribution >= 0.6 is 0 Å². The van der Waals surface area contributed by atoms with E-state index in [9.17, 15) is 0 Å². The zero-order chi connectivity index (χ0) is 13.2. The van der Waals surface area contributed by atoms with E-state index in [2.05, 4.69) is 48.6 Å². The molecule has 1 unspecified atom stereocenters.